The van der Waals surface area contributed by atoms with Crippen LogP contribution in [0.5, 0.6) is 0 Å². The summed E-state index contributed by atoms with van der Waals surface area (Å²) < 4.78 is 1.88. The van der Waals surface area contributed by atoms with Crippen LogP contribution in [-0.4, -0.2) is 34.9 Å². The Balaban J connectivity index is 2.52. The van der Waals surface area contributed by atoms with E-state index in [1.165, 1.54) is 6.42 Å². The van der Waals surface area contributed by atoms with Crippen LogP contribution in [0.2, 0.25) is 0 Å². The standard InChI is InChI=1S/C13H22N2O/c1-4-6-10-15(5-2)11-13(16)12-8-7-9-14(12)3/h7-9H,4-6,10-11H2,1-3H3. The summed E-state index contributed by atoms with van der Waals surface area (Å²) in [6.45, 7) is 6.77. The highest BCUT2D eigenvalue weighted by molar-refractivity contribution is 5.96. The third-order valence-corrected chi connectivity index (χ3v) is 2.87. The Morgan fingerprint density at radius 3 is 2.69 bits per heavy atom. The van der Waals surface area contributed by atoms with Crippen molar-refractivity contribution in [3.8, 4) is 0 Å². The minimum atomic E-state index is 0.213. The third-order valence-electron chi connectivity index (χ3n) is 2.87. The Kier molecular flexibility index (Phi) is 5.26. The van der Waals surface area contributed by atoms with Crippen LogP contribution in [0.15, 0.2) is 18.3 Å². The molecule has 0 saturated carbocycles. The summed E-state index contributed by atoms with van der Waals surface area (Å²) in [6.07, 6.45) is 4.25. The molecule has 1 aromatic heterocycles. The van der Waals surface area contributed by atoms with Crippen LogP contribution in [0.4, 0.5) is 0 Å². The zero-order chi connectivity index (χ0) is 12.0. The summed E-state index contributed by atoms with van der Waals surface area (Å²) in [7, 11) is 1.91. The number of nitrogens with zero attached hydrogens (tertiary/aromatic N) is 2. The fraction of sp³-hybridized carbons (Fsp3) is 0.615. The second kappa shape index (κ2) is 6.48. The van der Waals surface area contributed by atoms with Crippen LogP contribution >= 0.6 is 0 Å². The average Bonchev–Trinajstić information content (AvgIpc) is 2.70. The molecule has 0 aromatic carbocycles. The minimum Gasteiger partial charge on any atom is -0.348 e. The summed E-state index contributed by atoms with van der Waals surface area (Å²) in [4.78, 5) is 14.2. The molecule has 0 aliphatic carbocycles. The van der Waals surface area contributed by atoms with Gasteiger partial charge in [-0.2, -0.15) is 0 Å². The quantitative estimate of drug-likeness (QED) is 0.662. The number of carbonyl (C=O) groups excluding carboxylic acids is 1. The van der Waals surface area contributed by atoms with Gasteiger partial charge in [-0.05, 0) is 31.6 Å². The third kappa shape index (κ3) is 3.49. The van der Waals surface area contributed by atoms with Gasteiger partial charge in [0.1, 0.15) is 0 Å². The number of unbranched alkanes of at least 4 members (excludes halogenated alkanes) is 1. The predicted octanol–water partition coefficient (Wildman–Crippen LogP) is 2.33. The molecule has 0 saturated heterocycles. The monoisotopic (exact) mass is 222 g/mol. The van der Waals surface area contributed by atoms with Crippen molar-refractivity contribution in [2.45, 2.75) is 26.7 Å². The fourth-order valence-corrected chi connectivity index (χ4v) is 1.77. The molecule has 0 aliphatic heterocycles. The van der Waals surface area contributed by atoms with Crippen molar-refractivity contribution >= 4 is 5.78 Å². The number of likely N-dealkylation sites (N-methyl/N-ethyl adjacent to an activating group) is 1. The molecule has 0 spiro atoms. The second-order valence-corrected chi connectivity index (χ2v) is 4.15. The maximum Gasteiger partial charge on any atom is 0.193 e. The summed E-state index contributed by atoms with van der Waals surface area (Å²) >= 11 is 0. The number of aromatic nitrogens is 1. The van der Waals surface area contributed by atoms with Gasteiger partial charge in [-0.3, -0.25) is 9.69 Å². The molecular weight excluding hydrogens is 200 g/mol. The van der Waals surface area contributed by atoms with E-state index in [0.717, 1.165) is 25.2 Å². The predicted molar refractivity (Wildman–Crippen MR) is 66.8 cm³/mol. The van der Waals surface area contributed by atoms with Crippen LogP contribution in [0, 0.1) is 0 Å². The van der Waals surface area contributed by atoms with E-state index in [4.69, 9.17) is 0 Å². The Labute approximate surface area is 98.1 Å². The van der Waals surface area contributed by atoms with Crippen LogP contribution in [0.25, 0.3) is 0 Å². The van der Waals surface area contributed by atoms with E-state index in [1.807, 2.05) is 29.9 Å². The topological polar surface area (TPSA) is 25.2 Å². The van der Waals surface area contributed by atoms with E-state index in [2.05, 4.69) is 18.7 Å². The largest absolute Gasteiger partial charge is 0.348 e. The number of carbonyl (C=O) groups is 1. The number of ketones is 1. The average molecular weight is 222 g/mol. The van der Waals surface area contributed by atoms with E-state index in [1.54, 1.807) is 0 Å². The molecule has 1 aromatic rings. The molecule has 1 rings (SSSR count). The van der Waals surface area contributed by atoms with Crippen molar-refractivity contribution in [1.82, 2.24) is 9.47 Å². The summed E-state index contributed by atoms with van der Waals surface area (Å²) in [5, 5.41) is 0. The lowest BCUT2D eigenvalue weighted by Crippen LogP contribution is -2.31. The maximum atomic E-state index is 12.0. The lowest BCUT2D eigenvalue weighted by atomic mass is 10.2. The molecule has 0 aliphatic rings. The highest BCUT2D eigenvalue weighted by atomic mass is 16.1. The molecule has 0 amide bonds. The van der Waals surface area contributed by atoms with E-state index in [0.29, 0.717) is 6.54 Å². The first-order valence-corrected chi connectivity index (χ1v) is 6.05. The summed E-state index contributed by atoms with van der Waals surface area (Å²) in [5.74, 6) is 0.213. The molecule has 3 heteroatoms. The highest BCUT2D eigenvalue weighted by Crippen LogP contribution is 2.03. The van der Waals surface area contributed by atoms with Gasteiger partial charge in [-0.1, -0.05) is 20.3 Å². The lowest BCUT2D eigenvalue weighted by Gasteiger charge is -2.19. The van der Waals surface area contributed by atoms with Crippen molar-refractivity contribution in [2.75, 3.05) is 19.6 Å². The number of rotatable bonds is 7. The first-order valence-electron chi connectivity index (χ1n) is 6.05. The Morgan fingerprint density at radius 1 is 1.44 bits per heavy atom. The normalized spacial score (nSPS) is 11.0. The molecule has 0 bridgehead atoms. The van der Waals surface area contributed by atoms with E-state index >= 15 is 0 Å². The minimum absolute atomic E-state index is 0.213. The SMILES string of the molecule is CCCCN(CC)CC(=O)c1cccn1C. The highest BCUT2D eigenvalue weighted by Gasteiger charge is 2.12. The smallest absolute Gasteiger partial charge is 0.193 e. The molecular formula is C13H22N2O. The molecule has 0 fully saturated rings. The van der Waals surface area contributed by atoms with Gasteiger partial charge in [0.05, 0.1) is 12.2 Å². The van der Waals surface area contributed by atoms with Crippen molar-refractivity contribution in [1.29, 1.82) is 0 Å². The van der Waals surface area contributed by atoms with Gasteiger partial charge < -0.3 is 4.57 Å². The first kappa shape index (κ1) is 13.0. The van der Waals surface area contributed by atoms with Crippen LogP contribution in [-0.2, 0) is 7.05 Å². The molecule has 90 valence electrons. The van der Waals surface area contributed by atoms with Gasteiger partial charge in [0.25, 0.3) is 0 Å². The van der Waals surface area contributed by atoms with Crippen molar-refractivity contribution in [3.63, 3.8) is 0 Å². The first-order chi connectivity index (χ1) is 7.69. The van der Waals surface area contributed by atoms with Gasteiger partial charge >= 0.3 is 0 Å². The molecule has 0 radical (unpaired) electrons. The van der Waals surface area contributed by atoms with Crippen LogP contribution < -0.4 is 0 Å². The lowest BCUT2D eigenvalue weighted by molar-refractivity contribution is 0.0925. The van der Waals surface area contributed by atoms with Crippen molar-refractivity contribution < 1.29 is 4.79 Å². The summed E-state index contributed by atoms with van der Waals surface area (Å²) in [6, 6.07) is 3.80. The Morgan fingerprint density at radius 2 is 2.19 bits per heavy atom. The Hall–Kier alpha value is -1.09. The molecule has 3 nitrogen and oxygen atoms in total. The van der Waals surface area contributed by atoms with E-state index in [-0.39, 0.29) is 5.78 Å². The van der Waals surface area contributed by atoms with Gasteiger partial charge in [-0.15, -0.1) is 0 Å². The van der Waals surface area contributed by atoms with Gasteiger partial charge in [0, 0.05) is 13.2 Å². The van der Waals surface area contributed by atoms with Gasteiger partial charge in [-0.25, -0.2) is 0 Å². The zero-order valence-corrected chi connectivity index (χ0v) is 10.6. The number of aryl methyl sites for hydroxylation is 1. The maximum absolute atomic E-state index is 12.0. The van der Waals surface area contributed by atoms with Crippen molar-refractivity contribution in [3.05, 3.63) is 24.0 Å². The Bertz CT molecular complexity index is 330. The van der Waals surface area contributed by atoms with Gasteiger partial charge in [0.15, 0.2) is 5.78 Å². The molecule has 0 atom stereocenters. The molecule has 16 heavy (non-hydrogen) atoms. The fourth-order valence-electron chi connectivity index (χ4n) is 1.77. The van der Waals surface area contributed by atoms with Crippen molar-refractivity contribution in [2.24, 2.45) is 7.05 Å². The second-order valence-electron chi connectivity index (χ2n) is 4.15. The number of hydrogen-bond acceptors (Lipinski definition) is 2. The van der Waals surface area contributed by atoms with Gasteiger partial charge in [0.2, 0.25) is 0 Å². The summed E-state index contributed by atoms with van der Waals surface area (Å²) in [5.41, 5.74) is 0.801. The molecule has 0 N–H and O–H groups in total. The molecule has 0 unspecified atom stereocenters. The molecule has 1 heterocycles. The van der Waals surface area contributed by atoms with Crippen LogP contribution in [0.3, 0.4) is 0 Å². The van der Waals surface area contributed by atoms with E-state index < -0.39 is 0 Å². The number of Topliss-reactive ketones (excluding diaryl/α,β-unsaturated/α-hetero) is 1. The van der Waals surface area contributed by atoms with Crippen LogP contribution in [0.1, 0.15) is 37.2 Å². The van der Waals surface area contributed by atoms with E-state index in [9.17, 15) is 4.79 Å². The number of hydrogen-bond donors (Lipinski definition) is 0. The zero-order valence-electron chi connectivity index (χ0n) is 10.6.